The molecule has 19 heavy (non-hydrogen) atoms. The molecule has 0 radical (unpaired) electrons. The summed E-state index contributed by atoms with van der Waals surface area (Å²) in [5.74, 6) is -2.17. The highest BCUT2D eigenvalue weighted by molar-refractivity contribution is 5.95. The maximum Gasteiger partial charge on any atom is 0.260 e. The minimum absolute atomic E-state index is 0.124. The van der Waals surface area contributed by atoms with E-state index in [1.165, 1.54) is 17.9 Å². The summed E-state index contributed by atoms with van der Waals surface area (Å²) in [6.07, 6.45) is 2.62. The minimum Gasteiger partial charge on any atom is -0.334 e. The number of hydrogen-bond acceptors (Lipinski definition) is 2. The Kier molecular flexibility index (Phi) is 4.14. The van der Waals surface area contributed by atoms with Gasteiger partial charge in [-0.15, -0.1) is 0 Å². The van der Waals surface area contributed by atoms with E-state index in [2.05, 4.69) is 0 Å². The first kappa shape index (κ1) is 13.9. The Balaban J connectivity index is 2.36. The van der Waals surface area contributed by atoms with E-state index in [9.17, 15) is 13.6 Å². The number of nitrogens with two attached hydrogens (primary N) is 1. The number of carbonyl (C=O) groups excluding carboxylic acids is 1. The average molecular weight is 268 g/mol. The molecule has 1 aliphatic rings. The molecule has 2 rings (SSSR count). The molecule has 1 atom stereocenters. The highest BCUT2D eigenvalue weighted by atomic mass is 19.1. The van der Waals surface area contributed by atoms with Crippen molar-refractivity contribution in [3.8, 4) is 0 Å². The fraction of sp³-hybridized carbons (Fsp3) is 0.500. The first-order valence-corrected chi connectivity index (χ1v) is 6.52. The second-order valence-electron chi connectivity index (χ2n) is 4.94. The van der Waals surface area contributed by atoms with Crippen LogP contribution in [0.15, 0.2) is 12.1 Å². The van der Waals surface area contributed by atoms with Crippen molar-refractivity contribution in [1.29, 1.82) is 0 Å². The number of halogens is 2. The van der Waals surface area contributed by atoms with Crippen molar-refractivity contribution in [2.45, 2.75) is 32.2 Å². The standard InChI is InChI=1S/C14H18F2N2O/c1-9-5-6-11(15)12(13(9)16)14(19)18-7-3-2-4-10(18)8-17/h5-6,10H,2-4,7-8,17H2,1H3. The summed E-state index contributed by atoms with van der Waals surface area (Å²) in [4.78, 5) is 13.9. The van der Waals surface area contributed by atoms with Crippen LogP contribution in [0.5, 0.6) is 0 Å². The van der Waals surface area contributed by atoms with Crippen molar-refractivity contribution in [3.05, 3.63) is 34.9 Å². The number of carbonyl (C=O) groups is 1. The minimum atomic E-state index is -0.811. The number of nitrogens with zero attached hydrogens (tertiary/aromatic N) is 1. The molecule has 0 aromatic heterocycles. The summed E-state index contributed by atoms with van der Waals surface area (Å²) < 4.78 is 27.7. The number of benzene rings is 1. The molecular weight excluding hydrogens is 250 g/mol. The van der Waals surface area contributed by atoms with Gasteiger partial charge in [0.25, 0.3) is 5.91 Å². The van der Waals surface area contributed by atoms with Crippen LogP contribution in [-0.4, -0.2) is 29.9 Å². The molecule has 1 aromatic rings. The smallest absolute Gasteiger partial charge is 0.260 e. The lowest BCUT2D eigenvalue weighted by atomic mass is 10.00. The fourth-order valence-electron chi connectivity index (χ4n) is 2.51. The Bertz CT molecular complexity index is 491. The summed E-state index contributed by atoms with van der Waals surface area (Å²) in [5, 5.41) is 0. The number of hydrogen-bond donors (Lipinski definition) is 1. The Labute approximate surface area is 111 Å². The molecule has 1 amide bonds. The van der Waals surface area contributed by atoms with Gasteiger partial charge in [0.15, 0.2) is 0 Å². The molecule has 0 aliphatic carbocycles. The van der Waals surface area contributed by atoms with Crippen LogP contribution < -0.4 is 5.73 Å². The van der Waals surface area contributed by atoms with E-state index in [0.717, 1.165) is 25.3 Å². The zero-order valence-corrected chi connectivity index (χ0v) is 11.0. The van der Waals surface area contributed by atoms with E-state index in [1.807, 2.05) is 0 Å². The van der Waals surface area contributed by atoms with Gasteiger partial charge in [0, 0.05) is 19.1 Å². The van der Waals surface area contributed by atoms with Gasteiger partial charge in [0.2, 0.25) is 0 Å². The third kappa shape index (κ3) is 2.61. The molecular formula is C14H18F2N2O. The molecule has 1 fully saturated rings. The molecule has 1 aliphatic heterocycles. The van der Waals surface area contributed by atoms with Crippen LogP contribution in [0.3, 0.4) is 0 Å². The average Bonchev–Trinajstić information content (AvgIpc) is 2.43. The number of rotatable bonds is 2. The summed E-state index contributed by atoms with van der Waals surface area (Å²) in [6.45, 7) is 2.34. The van der Waals surface area contributed by atoms with Gasteiger partial charge in [0.1, 0.15) is 17.2 Å². The quantitative estimate of drug-likeness (QED) is 0.894. The largest absolute Gasteiger partial charge is 0.334 e. The van der Waals surface area contributed by atoms with Crippen molar-refractivity contribution < 1.29 is 13.6 Å². The lowest BCUT2D eigenvalue weighted by Gasteiger charge is -2.35. The molecule has 0 spiro atoms. The van der Waals surface area contributed by atoms with Gasteiger partial charge >= 0.3 is 0 Å². The van der Waals surface area contributed by atoms with Crippen LogP contribution in [-0.2, 0) is 0 Å². The lowest BCUT2D eigenvalue weighted by molar-refractivity contribution is 0.0613. The van der Waals surface area contributed by atoms with Gasteiger partial charge in [-0.3, -0.25) is 4.79 Å². The van der Waals surface area contributed by atoms with E-state index in [0.29, 0.717) is 13.1 Å². The molecule has 5 heteroatoms. The summed E-state index contributed by atoms with van der Waals surface area (Å²) in [5.41, 5.74) is 5.45. The summed E-state index contributed by atoms with van der Waals surface area (Å²) >= 11 is 0. The van der Waals surface area contributed by atoms with Gasteiger partial charge in [-0.1, -0.05) is 6.07 Å². The van der Waals surface area contributed by atoms with Gasteiger partial charge in [0.05, 0.1) is 0 Å². The fourth-order valence-corrected chi connectivity index (χ4v) is 2.51. The van der Waals surface area contributed by atoms with Gasteiger partial charge in [-0.25, -0.2) is 8.78 Å². The van der Waals surface area contributed by atoms with E-state index < -0.39 is 23.1 Å². The molecule has 1 saturated heterocycles. The van der Waals surface area contributed by atoms with Gasteiger partial charge in [-0.2, -0.15) is 0 Å². The molecule has 3 nitrogen and oxygen atoms in total. The lowest BCUT2D eigenvalue weighted by Crippen LogP contribution is -2.47. The van der Waals surface area contributed by atoms with Crippen LogP contribution in [0.2, 0.25) is 0 Å². The molecule has 1 unspecified atom stereocenters. The highest BCUT2D eigenvalue weighted by Crippen LogP contribution is 2.23. The van der Waals surface area contributed by atoms with E-state index in [1.54, 1.807) is 0 Å². The number of aryl methyl sites for hydroxylation is 1. The van der Waals surface area contributed by atoms with Crippen molar-refractivity contribution in [2.24, 2.45) is 5.73 Å². The SMILES string of the molecule is Cc1ccc(F)c(C(=O)N2CCCCC2CN)c1F. The first-order valence-electron chi connectivity index (χ1n) is 6.52. The normalized spacial score (nSPS) is 19.6. The molecule has 0 saturated carbocycles. The molecule has 1 heterocycles. The predicted molar refractivity (Wildman–Crippen MR) is 68.8 cm³/mol. The maximum atomic E-state index is 14.0. The van der Waals surface area contributed by atoms with Crippen LogP contribution in [0.4, 0.5) is 8.78 Å². The second-order valence-corrected chi connectivity index (χ2v) is 4.94. The maximum absolute atomic E-state index is 14.0. The van der Waals surface area contributed by atoms with E-state index in [-0.39, 0.29) is 11.6 Å². The number of piperidine rings is 1. The van der Waals surface area contributed by atoms with Gasteiger partial charge < -0.3 is 10.6 Å². The zero-order chi connectivity index (χ0) is 14.0. The monoisotopic (exact) mass is 268 g/mol. The Morgan fingerprint density at radius 1 is 1.42 bits per heavy atom. The molecule has 0 bridgehead atoms. The van der Waals surface area contributed by atoms with Gasteiger partial charge in [-0.05, 0) is 37.8 Å². The van der Waals surface area contributed by atoms with E-state index in [4.69, 9.17) is 5.73 Å². The summed E-state index contributed by atoms with van der Waals surface area (Å²) in [6, 6.07) is 2.34. The van der Waals surface area contributed by atoms with Crippen LogP contribution >= 0.6 is 0 Å². The molecule has 104 valence electrons. The Morgan fingerprint density at radius 3 is 2.84 bits per heavy atom. The Morgan fingerprint density at radius 2 is 2.16 bits per heavy atom. The second kappa shape index (κ2) is 5.65. The van der Waals surface area contributed by atoms with Crippen molar-refractivity contribution in [3.63, 3.8) is 0 Å². The first-order chi connectivity index (χ1) is 9.06. The number of likely N-dealkylation sites (tertiary alicyclic amines) is 1. The van der Waals surface area contributed by atoms with Crippen LogP contribution in [0.25, 0.3) is 0 Å². The van der Waals surface area contributed by atoms with Crippen molar-refractivity contribution >= 4 is 5.91 Å². The summed E-state index contributed by atoms with van der Waals surface area (Å²) in [7, 11) is 0. The third-order valence-corrected chi connectivity index (χ3v) is 3.66. The molecule has 1 aromatic carbocycles. The molecule has 2 N–H and O–H groups in total. The highest BCUT2D eigenvalue weighted by Gasteiger charge is 2.30. The zero-order valence-electron chi connectivity index (χ0n) is 11.0. The van der Waals surface area contributed by atoms with Crippen LogP contribution in [0.1, 0.15) is 35.2 Å². The predicted octanol–water partition coefficient (Wildman–Crippen LogP) is 2.23. The van der Waals surface area contributed by atoms with E-state index >= 15 is 0 Å². The number of amides is 1. The van der Waals surface area contributed by atoms with Crippen molar-refractivity contribution in [2.75, 3.05) is 13.1 Å². The Hall–Kier alpha value is -1.49. The topological polar surface area (TPSA) is 46.3 Å². The van der Waals surface area contributed by atoms with Crippen molar-refractivity contribution in [1.82, 2.24) is 4.90 Å². The third-order valence-electron chi connectivity index (χ3n) is 3.66. The van der Waals surface area contributed by atoms with Crippen LogP contribution in [0, 0.1) is 18.6 Å².